The van der Waals surface area contributed by atoms with Crippen molar-refractivity contribution in [1.29, 1.82) is 0 Å². The molecule has 136 valence electrons. The molecule has 0 radical (unpaired) electrons. The number of nitrogens with one attached hydrogen (secondary N) is 1. The van der Waals surface area contributed by atoms with E-state index in [0.717, 1.165) is 4.47 Å². The molecule has 1 aliphatic rings. The van der Waals surface area contributed by atoms with Crippen LogP contribution < -0.4 is 19.7 Å². The van der Waals surface area contributed by atoms with Crippen LogP contribution in [0.25, 0.3) is 0 Å². The number of carbonyl (C=O) groups excluding carboxylic acids is 2. The lowest BCUT2D eigenvalue weighted by molar-refractivity contribution is -0.122. The maximum Gasteiger partial charge on any atom is 0.229 e. The van der Waals surface area contributed by atoms with Crippen molar-refractivity contribution in [3.63, 3.8) is 0 Å². The van der Waals surface area contributed by atoms with Gasteiger partial charge in [-0.3, -0.25) is 9.59 Å². The zero-order valence-electron chi connectivity index (χ0n) is 14.5. The molecule has 0 aromatic heterocycles. The van der Waals surface area contributed by atoms with E-state index < -0.39 is 5.92 Å². The number of methoxy groups -OCH3 is 2. The largest absolute Gasteiger partial charge is 0.497 e. The number of anilines is 2. The fourth-order valence-corrected chi connectivity index (χ4v) is 3.33. The van der Waals surface area contributed by atoms with Crippen LogP contribution in [0.3, 0.4) is 0 Å². The predicted molar refractivity (Wildman–Crippen MR) is 103 cm³/mol. The highest BCUT2D eigenvalue weighted by Crippen LogP contribution is 2.36. The molecule has 2 amide bonds. The molecule has 1 saturated heterocycles. The molecule has 1 fully saturated rings. The van der Waals surface area contributed by atoms with Crippen molar-refractivity contribution >= 4 is 39.1 Å². The van der Waals surface area contributed by atoms with Crippen molar-refractivity contribution in [3.05, 3.63) is 46.9 Å². The topological polar surface area (TPSA) is 67.9 Å². The quantitative estimate of drug-likeness (QED) is 0.806. The van der Waals surface area contributed by atoms with E-state index >= 15 is 0 Å². The molecule has 2 aromatic carbocycles. The zero-order chi connectivity index (χ0) is 18.7. The predicted octanol–water partition coefficient (Wildman–Crippen LogP) is 3.46. The normalized spacial score (nSPS) is 16.5. The van der Waals surface area contributed by atoms with Crippen LogP contribution in [0.15, 0.2) is 46.9 Å². The summed E-state index contributed by atoms with van der Waals surface area (Å²) in [4.78, 5) is 26.6. The number of rotatable bonds is 5. The van der Waals surface area contributed by atoms with E-state index in [1.807, 2.05) is 24.3 Å². The molecule has 1 atom stereocenters. The number of carbonyl (C=O) groups is 2. The molecule has 1 aliphatic heterocycles. The maximum absolute atomic E-state index is 12.5. The summed E-state index contributed by atoms with van der Waals surface area (Å²) in [5.74, 6) is 0.467. The second-order valence-electron chi connectivity index (χ2n) is 5.94. The van der Waals surface area contributed by atoms with E-state index in [1.54, 1.807) is 30.2 Å². The fourth-order valence-electron chi connectivity index (χ4n) is 2.93. The monoisotopic (exact) mass is 418 g/mol. The van der Waals surface area contributed by atoms with Crippen molar-refractivity contribution in [2.75, 3.05) is 31.0 Å². The van der Waals surface area contributed by atoms with E-state index in [9.17, 15) is 9.59 Å². The van der Waals surface area contributed by atoms with E-state index in [4.69, 9.17) is 9.47 Å². The first kappa shape index (κ1) is 18.3. The van der Waals surface area contributed by atoms with Crippen LogP contribution in [0.4, 0.5) is 11.4 Å². The van der Waals surface area contributed by atoms with Crippen molar-refractivity contribution in [3.8, 4) is 11.5 Å². The summed E-state index contributed by atoms with van der Waals surface area (Å²) in [7, 11) is 3.11. The molecule has 3 rings (SSSR count). The Labute approximate surface area is 160 Å². The Morgan fingerprint density at radius 3 is 2.69 bits per heavy atom. The van der Waals surface area contributed by atoms with Gasteiger partial charge in [-0.1, -0.05) is 22.0 Å². The van der Waals surface area contributed by atoms with E-state index in [-0.39, 0.29) is 18.2 Å². The smallest absolute Gasteiger partial charge is 0.229 e. The van der Waals surface area contributed by atoms with Crippen LogP contribution in [0.5, 0.6) is 11.5 Å². The lowest BCUT2D eigenvalue weighted by Gasteiger charge is -2.20. The Morgan fingerprint density at radius 2 is 2.00 bits per heavy atom. The van der Waals surface area contributed by atoms with E-state index in [0.29, 0.717) is 29.4 Å². The number of nitrogens with zero attached hydrogens (tertiary/aromatic N) is 1. The van der Waals surface area contributed by atoms with Crippen molar-refractivity contribution in [1.82, 2.24) is 0 Å². The van der Waals surface area contributed by atoms with E-state index in [1.165, 1.54) is 7.11 Å². The van der Waals surface area contributed by atoms with Crippen LogP contribution in [0, 0.1) is 5.92 Å². The Morgan fingerprint density at radius 1 is 1.19 bits per heavy atom. The third kappa shape index (κ3) is 3.83. The average Bonchev–Trinajstić information content (AvgIpc) is 3.03. The average molecular weight is 419 g/mol. The Kier molecular flexibility index (Phi) is 5.46. The summed E-state index contributed by atoms with van der Waals surface area (Å²) < 4.78 is 11.4. The lowest BCUT2D eigenvalue weighted by Crippen LogP contribution is -2.28. The van der Waals surface area contributed by atoms with Crippen LogP contribution in [-0.4, -0.2) is 32.6 Å². The highest BCUT2D eigenvalue weighted by atomic mass is 79.9. The van der Waals surface area contributed by atoms with Gasteiger partial charge in [0, 0.05) is 29.2 Å². The molecule has 1 heterocycles. The van der Waals surface area contributed by atoms with Gasteiger partial charge in [-0.2, -0.15) is 0 Å². The van der Waals surface area contributed by atoms with Gasteiger partial charge in [0.15, 0.2) is 0 Å². The second kappa shape index (κ2) is 7.78. The van der Waals surface area contributed by atoms with Gasteiger partial charge in [0.25, 0.3) is 0 Å². The summed E-state index contributed by atoms with van der Waals surface area (Å²) in [6.45, 7) is 0.307. The third-order valence-corrected chi connectivity index (χ3v) is 4.76. The molecule has 0 saturated carbocycles. The molecule has 0 spiro atoms. The molecular weight excluding hydrogens is 400 g/mol. The van der Waals surface area contributed by atoms with Crippen LogP contribution >= 0.6 is 15.9 Å². The highest BCUT2D eigenvalue weighted by Gasteiger charge is 2.36. The Hall–Kier alpha value is -2.54. The number of halogens is 1. The lowest BCUT2D eigenvalue weighted by atomic mass is 10.1. The summed E-state index contributed by atoms with van der Waals surface area (Å²) >= 11 is 3.38. The number of ether oxygens (including phenoxy) is 2. The minimum atomic E-state index is -0.423. The molecular formula is C19H19BrN2O4. The van der Waals surface area contributed by atoms with Gasteiger partial charge in [-0.05, 0) is 30.3 Å². The molecule has 7 heteroatoms. The van der Waals surface area contributed by atoms with Gasteiger partial charge in [0.05, 0.1) is 25.8 Å². The number of hydrogen-bond acceptors (Lipinski definition) is 4. The molecule has 1 N–H and O–H groups in total. The van der Waals surface area contributed by atoms with Gasteiger partial charge in [0.2, 0.25) is 11.8 Å². The standard InChI is InChI=1S/C19H19BrN2O4/c1-25-15-6-7-16(17(10-15)26-2)22-11-12(8-18(22)23)19(24)21-14-5-3-4-13(20)9-14/h3-7,9-10,12H,8,11H2,1-2H3,(H,21,24)/t12-/m0/s1. The number of hydrogen-bond donors (Lipinski definition) is 1. The number of benzene rings is 2. The van der Waals surface area contributed by atoms with E-state index in [2.05, 4.69) is 21.2 Å². The molecule has 2 aromatic rings. The summed E-state index contributed by atoms with van der Waals surface area (Å²) in [5, 5.41) is 2.87. The fraction of sp³-hybridized carbons (Fsp3) is 0.263. The van der Waals surface area contributed by atoms with Gasteiger partial charge in [-0.15, -0.1) is 0 Å². The summed E-state index contributed by atoms with van der Waals surface area (Å²) in [6, 6.07) is 12.6. The summed E-state index contributed by atoms with van der Waals surface area (Å²) in [6.07, 6.45) is 0.162. The number of amides is 2. The van der Waals surface area contributed by atoms with Gasteiger partial charge < -0.3 is 19.7 Å². The molecule has 26 heavy (non-hydrogen) atoms. The summed E-state index contributed by atoms with van der Waals surface area (Å²) in [5.41, 5.74) is 1.33. The molecule has 6 nitrogen and oxygen atoms in total. The first-order valence-electron chi connectivity index (χ1n) is 8.10. The van der Waals surface area contributed by atoms with Crippen LogP contribution in [0.2, 0.25) is 0 Å². The minimum absolute atomic E-state index is 0.108. The SMILES string of the molecule is COc1ccc(N2C[C@@H](C(=O)Nc3cccc(Br)c3)CC2=O)c(OC)c1. The van der Waals surface area contributed by atoms with Crippen molar-refractivity contribution < 1.29 is 19.1 Å². The molecule has 0 bridgehead atoms. The van der Waals surface area contributed by atoms with Gasteiger partial charge in [0.1, 0.15) is 11.5 Å². The zero-order valence-corrected chi connectivity index (χ0v) is 16.1. The van der Waals surface area contributed by atoms with Crippen molar-refractivity contribution in [2.45, 2.75) is 6.42 Å². The maximum atomic E-state index is 12.5. The van der Waals surface area contributed by atoms with Crippen LogP contribution in [-0.2, 0) is 9.59 Å². The highest BCUT2D eigenvalue weighted by molar-refractivity contribution is 9.10. The Balaban J connectivity index is 1.75. The Bertz CT molecular complexity index is 840. The third-order valence-electron chi connectivity index (χ3n) is 4.27. The van der Waals surface area contributed by atoms with Crippen LogP contribution in [0.1, 0.15) is 6.42 Å². The minimum Gasteiger partial charge on any atom is -0.497 e. The first-order valence-corrected chi connectivity index (χ1v) is 8.90. The van der Waals surface area contributed by atoms with Gasteiger partial charge >= 0.3 is 0 Å². The second-order valence-corrected chi connectivity index (χ2v) is 6.86. The first-order chi connectivity index (χ1) is 12.5. The van der Waals surface area contributed by atoms with Crippen molar-refractivity contribution in [2.24, 2.45) is 5.92 Å². The molecule has 0 unspecified atom stereocenters. The molecule has 0 aliphatic carbocycles. The van der Waals surface area contributed by atoms with Gasteiger partial charge in [-0.25, -0.2) is 0 Å².